The number of anilines is 1. The lowest BCUT2D eigenvalue weighted by Gasteiger charge is -2.20. The van der Waals surface area contributed by atoms with Crippen LogP contribution in [0.5, 0.6) is 5.75 Å². The van der Waals surface area contributed by atoms with Gasteiger partial charge in [-0.15, -0.1) is 0 Å². The largest absolute Gasteiger partial charge is 0.484 e. The fourth-order valence-electron chi connectivity index (χ4n) is 2.99. The molecule has 0 saturated carbocycles. The van der Waals surface area contributed by atoms with Gasteiger partial charge in [-0.3, -0.25) is 9.69 Å². The van der Waals surface area contributed by atoms with Crippen LogP contribution >= 0.6 is 11.3 Å². The summed E-state index contributed by atoms with van der Waals surface area (Å²) in [6.07, 6.45) is 0.910. The first-order valence-corrected chi connectivity index (χ1v) is 10.4. The molecule has 1 aromatic heterocycles. The molecule has 1 heterocycles. The number of nitrogens with zero attached hydrogens (tertiary/aromatic N) is 2. The number of para-hydroxylation sites is 1. The minimum absolute atomic E-state index is 0.00672. The molecule has 148 valence electrons. The molecule has 0 aliphatic carbocycles. The van der Waals surface area contributed by atoms with Crippen molar-refractivity contribution in [2.24, 2.45) is 0 Å². The van der Waals surface area contributed by atoms with Crippen molar-refractivity contribution in [1.29, 1.82) is 0 Å². The second-order valence-electron chi connectivity index (χ2n) is 7.31. The van der Waals surface area contributed by atoms with Gasteiger partial charge in [0.15, 0.2) is 11.7 Å². The Morgan fingerprint density at radius 3 is 2.61 bits per heavy atom. The minimum atomic E-state index is -0.0639. The molecular formula is C22H28N3O2S+. The first-order chi connectivity index (χ1) is 13.5. The van der Waals surface area contributed by atoms with Gasteiger partial charge in [0.25, 0.3) is 5.91 Å². The highest BCUT2D eigenvalue weighted by Gasteiger charge is 2.21. The Bertz CT molecular complexity index is 938. The van der Waals surface area contributed by atoms with E-state index in [9.17, 15) is 4.79 Å². The minimum Gasteiger partial charge on any atom is -0.484 e. The van der Waals surface area contributed by atoms with Crippen LogP contribution in [0.4, 0.5) is 5.13 Å². The standard InChI is InChI=1S/C22H27N3O2S/c1-16-11-12-19-21(17(16)2)23-22(28-19)25(14-8-13-24(3)4)20(26)15-27-18-9-6-5-7-10-18/h5-7,9-12H,8,13-15H2,1-4H3/p+1. The number of aromatic nitrogens is 1. The monoisotopic (exact) mass is 398 g/mol. The predicted octanol–water partition coefficient (Wildman–Crippen LogP) is 2.86. The summed E-state index contributed by atoms with van der Waals surface area (Å²) < 4.78 is 6.80. The van der Waals surface area contributed by atoms with Crippen molar-refractivity contribution >= 4 is 32.6 Å². The molecular weight excluding hydrogens is 370 g/mol. The summed E-state index contributed by atoms with van der Waals surface area (Å²) in [5.74, 6) is 0.635. The van der Waals surface area contributed by atoms with Gasteiger partial charge in [0.2, 0.25) is 0 Å². The van der Waals surface area contributed by atoms with E-state index in [-0.39, 0.29) is 12.5 Å². The van der Waals surface area contributed by atoms with E-state index >= 15 is 0 Å². The molecule has 0 unspecified atom stereocenters. The van der Waals surface area contributed by atoms with Gasteiger partial charge in [0.05, 0.1) is 30.9 Å². The third kappa shape index (κ3) is 4.88. The van der Waals surface area contributed by atoms with E-state index in [4.69, 9.17) is 9.72 Å². The van der Waals surface area contributed by atoms with Crippen LogP contribution in [0.3, 0.4) is 0 Å². The van der Waals surface area contributed by atoms with Crippen molar-refractivity contribution < 1.29 is 14.4 Å². The van der Waals surface area contributed by atoms with Crippen LogP contribution in [0.15, 0.2) is 42.5 Å². The van der Waals surface area contributed by atoms with Gasteiger partial charge in [-0.2, -0.15) is 0 Å². The van der Waals surface area contributed by atoms with Crippen molar-refractivity contribution in [3.05, 3.63) is 53.6 Å². The van der Waals surface area contributed by atoms with Gasteiger partial charge < -0.3 is 9.64 Å². The first kappa shape index (κ1) is 20.3. The molecule has 3 rings (SSSR count). The summed E-state index contributed by atoms with van der Waals surface area (Å²) >= 11 is 1.57. The maximum absolute atomic E-state index is 13.0. The van der Waals surface area contributed by atoms with Crippen molar-refractivity contribution in [3.8, 4) is 5.75 Å². The van der Waals surface area contributed by atoms with Crippen LogP contribution in [0.25, 0.3) is 10.2 Å². The number of ether oxygens (including phenoxy) is 1. The fourth-order valence-corrected chi connectivity index (χ4v) is 4.06. The third-order valence-electron chi connectivity index (χ3n) is 4.77. The maximum Gasteiger partial charge on any atom is 0.266 e. The fraction of sp³-hybridized carbons (Fsp3) is 0.364. The smallest absolute Gasteiger partial charge is 0.266 e. The van der Waals surface area contributed by atoms with Gasteiger partial charge in [-0.25, -0.2) is 4.98 Å². The number of carbonyl (C=O) groups is 1. The average molecular weight is 399 g/mol. The SMILES string of the molecule is Cc1ccc2sc(N(CCC[NH+](C)C)C(=O)COc3ccccc3)nc2c1C. The molecule has 0 atom stereocenters. The molecule has 0 fully saturated rings. The molecule has 0 radical (unpaired) electrons. The van der Waals surface area contributed by atoms with Crippen LogP contribution in [-0.4, -0.2) is 44.7 Å². The van der Waals surface area contributed by atoms with E-state index < -0.39 is 0 Å². The van der Waals surface area contributed by atoms with E-state index in [0.717, 1.165) is 28.3 Å². The van der Waals surface area contributed by atoms with E-state index in [1.54, 1.807) is 16.2 Å². The Balaban J connectivity index is 1.81. The molecule has 3 aromatic rings. The lowest BCUT2D eigenvalue weighted by Crippen LogP contribution is -3.05. The number of thiazole rings is 1. The van der Waals surface area contributed by atoms with Crippen LogP contribution in [0.1, 0.15) is 17.5 Å². The molecule has 2 aromatic carbocycles. The lowest BCUT2D eigenvalue weighted by molar-refractivity contribution is -0.858. The number of nitrogens with one attached hydrogen (secondary N) is 1. The quantitative estimate of drug-likeness (QED) is 0.635. The summed E-state index contributed by atoms with van der Waals surface area (Å²) in [4.78, 5) is 20.9. The number of hydrogen-bond donors (Lipinski definition) is 1. The highest BCUT2D eigenvalue weighted by Crippen LogP contribution is 2.32. The highest BCUT2D eigenvalue weighted by atomic mass is 32.1. The topological polar surface area (TPSA) is 46.9 Å². The zero-order chi connectivity index (χ0) is 20.1. The molecule has 1 amide bonds. The number of rotatable bonds is 8. The van der Waals surface area contributed by atoms with Crippen LogP contribution < -0.4 is 14.5 Å². The predicted molar refractivity (Wildman–Crippen MR) is 116 cm³/mol. The number of quaternary nitrogens is 1. The second kappa shape index (κ2) is 9.17. The Kier molecular flexibility index (Phi) is 6.65. The molecule has 1 N–H and O–H groups in total. The van der Waals surface area contributed by atoms with Gasteiger partial charge >= 0.3 is 0 Å². The van der Waals surface area contributed by atoms with Crippen molar-refractivity contribution in [3.63, 3.8) is 0 Å². The molecule has 0 spiro atoms. The van der Waals surface area contributed by atoms with Crippen LogP contribution in [-0.2, 0) is 4.79 Å². The van der Waals surface area contributed by atoms with Gasteiger partial charge in [-0.1, -0.05) is 35.6 Å². The molecule has 6 heteroatoms. The zero-order valence-corrected chi connectivity index (χ0v) is 17.8. The van der Waals surface area contributed by atoms with E-state index in [1.165, 1.54) is 16.0 Å². The Labute approximate surface area is 170 Å². The summed E-state index contributed by atoms with van der Waals surface area (Å²) in [6.45, 7) is 5.81. The second-order valence-corrected chi connectivity index (χ2v) is 8.32. The molecule has 0 aliphatic rings. The van der Waals surface area contributed by atoms with Gasteiger partial charge in [-0.05, 0) is 43.2 Å². The van der Waals surface area contributed by atoms with E-state index in [1.807, 2.05) is 30.3 Å². The third-order valence-corrected chi connectivity index (χ3v) is 5.81. The lowest BCUT2D eigenvalue weighted by atomic mass is 10.1. The number of fused-ring (bicyclic) bond motifs is 1. The zero-order valence-electron chi connectivity index (χ0n) is 17.0. The van der Waals surface area contributed by atoms with Gasteiger partial charge in [0, 0.05) is 13.0 Å². The summed E-state index contributed by atoms with van der Waals surface area (Å²) in [5.41, 5.74) is 3.37. The summed E-state index contributed by atoms with van der Waals surface area (Å²) in [7, 11) is 4.24. The molecule has 0 aliphatic heterocycles. The number of carbonyl (C=O) groups excluding carboxylic acids is 1. The Morgan fingerprint density at radius 1 is 1.14 bits per heavy atom. The number of benzene rings is 2. The molecule has 0 saturated heterocycles. The van der Waals surface area contributed by atoms with Crippen LogP contribution in [0, 0.1) is 13.8 Å². The normalized spacial score (nSPS) is 11.2. The molecule has 0 bridgehead atoms. The average Bonchev–Trinajstić information content (AvgIpc) is 3.11. The molecule has 5 nitrogen and oxygen atoms in total. The van der Waals surface area contributed by atoms with Crippen molar-refractivity contribution in [1.82, 2.24) is 4.98 Å². The Hall–Kier alpha value is -2.44. The number of hydrogen-bond acceptors (Lipinski definition) is 4. The van der Waals surface area contributed by atoms with Crippen molar-refractivity contribution in [2.45, 2.75) is 20.3 Å². The molecule has 28 heavy (non-hydrogen) atoms. The number of amides is 1. The highest BCUT2D eigenvalue weighted by molar-refractivity contribution is 7.22. The van der Waals surface area contributed by atoms with Gasteiger partial charge in [0.1, 0.15) is 5.75 Å². The van der Waals surface area contributed by atoms with E-state index in [0.29, 0.717) is 12.3 Å². The summed E-state index contributed by atoms with van der Waals surface area (Å²) in [6, 6.07) is 13.6. The number of aryl methyl sites for hydroxylation is 2. The summed E-state index contributed by atoms with van der Waals surface area (Å²) in [5, 5.41) is 0.749. The van der Waals surface area contributed by atoms with Crippen LogP contribution in [0.2, 0.25) is 0 Å². The van der Waals surface area contributed by atoms with E-state index in [2.05, 4.69) is 40.1 Å². The first-order valence-electron chi connectivity index (χ1n) is 9.59. The van der Waals surface area contributed by atoms with Crippen molar-refractivity contribution in [2.75, 3.05) is 38.7 Å². The maximum atomic E-state index is 13.0. The Morgan fingerprint density at radius 2 is 1.89 bits per heavy atom.